The molecule has 0 fully saturated rings. The molecule has 5 nitrogen and oxygen atoms in total. The normalized spacial score (nSPS) is 10.2. The number of pyridine rings is 1. The van der Waals surface area contributed by atoms with Crippen molar-refractivity contribution in [3.05, 3.63) is 95.3 Å². The van der Waals surface area contributed by atoms with Crippen molar-refractivity contribution < 1.29 is 9.59 Å². The van der Waals surface area contributed by atoms with Crippen molar-refractivity contribution in [3.8, 4) is 0 Å². The molecule has 2 aromatic carbocycles. The largest absolute Gasteiger partial charge is 0.348 e. The molecule has 2 N–H and O–H groups in total. The van der Waals surface area contributed by atoms with Crippen LogP contribution in [-0.4, -0.2) is 16.8 Å². The molecule has 0 bridgehead atoms. The lowest BCUT2D eigenvalue weighted by Crippen LogP contribution is -2.23. The Morgan fingerprint density at radius 2 is 1.81 bits per heavy atom. The van der Waals surface area contributed by atoms with Crippen LogP contribution in [0.15, 0.2) is 73.1 Å². The molecule has 1 aromatic heterocycles. The van der Waals surface area contributed by atoms with Crippen molar-refractivity contribution in [2.24, 2.45) is 0 Å². The molecule has 0 saturated carbocycles. The minimum Gasteiger partial charge on any atom is -0.348 e. The Labute approximate surface area is 152 Å². The van der Waals surface area contributed by atoms with Crippen LogP contribution < -0.4 is 10.6 Å². The summed E-state index contributed by atoms with van der Waals surface area (Å²) >= 11 is 0. The van der Waals surface area contributed by atoms with Crippen LogP contribution in [0.5, 0.6) is 0 Å². The number of benzene rings is 2. The Hall–Kier alpha value is -3.47. The number of hydrogen-bond donors (Lipinski definition) is 2. The van der Waals surface area contributed by atoms with Gasteiger partial charge in [-0.25, -0.2) is 0 Å². The summed E-state index contributed by atoms with van der Waals surface area (Å²) < 4.78 is 0. The van der Waals surface area contributed by atoms with Crippen molar-refractivity contribution in [3.63, 3.8) is 0 Å². The van der Waals surface area contributed by atoms with Crippen LogP contribution in [-0.2, 0) is 6.54 Å². The number of amides is 2. The third-order valence-electron chi connectivity index (χ3n) is 3.95. The van der Waals surface area contributed by atoms with E-state index in [1.54, 1.807) is 30.5 Å². The average molecular weight is 345 g/mol. The van der Waals surface area contributed by atoms with Gasteiger partial charge in [-0.15, -0.1) is 0 Å². The number of anilines is 1. The smallest absolute Gasteiger partial charge is 0.257 e. The SMILES string of the molecule is Cc1ccccc1C(=O)NCc1cccc(NC(=O)c2cccnc2)c1. The van der Waals surface area contributed by atoms with Gasteiger partial charge in [0.1, 0.15) is 0 Å². The summed E-state index contributed by atoms with van der Waals surface area (Å²) in [5.74, 6) is -0.341. The Kier molecular flexibility index (Phi) is 5.39. The minimum absolute atomic E-state index is 0.118. The zero-order valence-corrected chi connectivity index (χ0v) is 14.4. The van der Waals surface area contributed by atoms with E-state index in [4.69, 9.17) is 0 Å². The first-order valence-electron chi connectivity index (χ1n) is 8.27. The molecule has 3 rings (SSSR count). The lowest BCUT2D eigenvalue weighted by atomic mass is 10.1. The summed E-state index contributed by atoms with van der Waals surface area (Å²) in [6.45, 7) is 2.28. The lowest BCUT2D eigenvalue weighted by molar-refractivity contribution is 0.0949. The zero-order chi connectivity index (χ0) is 18.4. The molecule has 5 heteroatoms. The predicted octanol–water partition coefficient (Wildman–Crippen LogP) is 3.57. The van der Waals surface area contributed by atoms with E-state index in [0.29, 0.717) is 23.4 Å². The molecular formula is C21H19N3O2. The van der Waals surface area contributed by atoms with E-state index in [0.717, 1.165) is 11.1 Å². The highest BCUT2D eigenvalue weighted by Crippen LogP contribution is 2.13. The number of aromatic nitrogens is 1. The summed E-state index contributed by atoms with van der Waals surface area (Å²) in [4.78, 5) is 28.4. The molecule has 0 aliphatic carbocycles. The summed E-state index contributed by atoms with van der Waals surface area (Å²) in [6, 6.07) is 18.3. The Bertz CT molecular complexity index is 923. The first kappa shape index (κ1) is 17.4. The number of aryl methyl sites for hydroxylation is 1. The molecule has 1 heterocycles. The molecule has 0 unspecified atom stereocenters. The minimum atomic E-state index is -0.223. The highest BCUT2D eigenvalue weighted by molar-refractivity contribution is 6.04. The van der Waals surface area contributed by atoms with Gasteiger partial charge >= 0.3 is 0 Å². The Morgan fingerprint density at radius 1 is 0.962 bits per heavy atom. The van der Waals surface area contributed by atoms with E-state index >= 15 is 0 Å². The number of hydrogen-bond acceptors (Lipinski definition) is 3. The van der Waals surface area contributed by atoms with E-state index in [-0.39, 0.29) is 11.8 Å². The van der Waals surface area contributed by atoms with Gasteiger partial charge in [0.15, 0.2) is 0 Å². The number of nitrogens with one attached hydrogen (secondary N) is 2. The van der Waals surface area contributed by atoms with Crippen LogP contribution in [0.1, 0.15) is 31.8 Å². The second-order valence-corrected chi connectivity index (χ2v) is 5.89. The molecule has 0 aliphatic rings. The van der Waals surface area contributed by atoms with Gasteiger partial charge in [-0.05, 0) is 48.4 Å². The van der Waals surface area contributed by atoms with Crippen molar-refractivity contribution in [2.45, 2.75) is 13.5 Å². The third-order valence-corrected chi connectivity index (χ3v) is 3.95. The van der Waals surface area contributed by atoms with E-state index in [1.165, 1.54) is 6.20 Å². The van der Waals surface area contributed by atoms with E-state index in [9.17, 15) is 9.59 Å². The van der Waals surface area contributed by atoms with Gasteiger partial charge in [-0.1, -0.05) is 30.3 Å². The van der Waals surface area contributed by atoms with Crippen LogP contribution in [0.4, 0.5) is 5.69 Å². The highest BCUT2D eigenvalue weighted by Gasteiger charge is 2.09. The lowest BCUT2D eigenvalue weighted by Gasteiger charge is -2.10. The summed E-state index contributed by atoms with van der Waals surface area (Å²) in [5.41, 5.74) is 3.65. The molecule has 26 heavy (non-hydrogen) atoms. The molecule has 2 amide bonds. The number of rotatable bonds is 5. The van der Waals surface area contributed by atoms with Crippen LogP contribution >= 0.6 is 0 Å². The molecular weight excluding hydrogens is 326 g/mol. The predicted molar refractivity (Wildman–Crippen MR) is 101 cm³/mol. The summed E-state index contributed by atoms with van der Waals surface area (Å²) in [6.07, 6.45) is 3.14. The van der Waals surface area contributed by atoms with Gasteiger partial charge in [0.05, 0.1) is 5.56 Å². The average Bonchev–Trinajstić information content (AvgIpc) is 2.67. The fraction of sp³-hybridized carbons (Fsp3) is 0.0952. The van der Waals surface area contributed by atoms with E-state index < -0.39 is 0 Å². The first-order chi connectivity index (χ1) is 12.6. The Balaban J connectivity index is 1.63. The maximum absolute atomic E-state index is 12.3. The van der Waals surface area contributed by atoms with E-state index in [1.807, 2.05) is 43.3 Å². The fourth-order valence-electron chi connectivity index (χ4n) is 2.56. The van der Waals surface area contributed by atoms with Crippen LogP contribution in [0.25, 0.3) is 0 Å². The highest BCUT2D eigenvalue weighted by atomic mass is 16.2. The van der Waals surface area contributed by atoms with Gasteiger partial charge in [0.2, 0.25) is 0 Å². The molecule has 0 spiro atoms. The summed E-state index contributed by atoms with van der Waals surface area (Å²) in [5, 5.41) is 5.74. The van der Waals surface area contributed by atoms with Crippen molar-refractivity contribution in [2.75, 3.05) is 5.32 Å². The number of carbonyl (C=O) groups is 2. The Morgan fingerprint density at radius 3 is 2.58 bits per heavy atom. The van der Waals surface area contributed by atoms with E-state index in [2.05, 4.69) is 15.6 Å². The zero-order valence-electron chi connectivity index (χ0n) is 14.4. The van der Waals surface area contributed by atoms with Gasteiger partial charge in [-0.3, -0.25) is 14.6 Å². The second-order valence-electron chi connectivity index (χ2n) is 5.89. The first-order valence-corrected chi connectivity index (χ1v) is 8.27. The molecule has 0 atom stereocenters. The van der Waals surface area contributed by atoms with Crippen molar-refractivity contribution in [1.82, 2.24) is 10.3 Å². The summed E-state index contributed by atoms with van der Waals surface area (Å²) in [7, 11) is 0. The monoisotopic (exact) mass is 345 g/mol. The number of nitrogens with zero attached hydrogens (tertiary/aromatic N) is 1. The van der Waals surface area contributed by atoms with Crippen molar-refractivity contribution >= 4 is 17.5 Å². The fourth-order valence-corrected chi connectivity index (χ4v) is 2.56. The van der Waals surface area contributed by atoms with Gasteiger partial charge in [0.25, 0.3) is 11.8 Å². The van der Waals surface area contributed by atoms with Crippen LogP contribution in [0.3, 0.4) is 0 Å². The molecule has 0 radical (unpaired) electrons. The number of carbonyl (C=O) groups excluding carboxylic acids is 2. The van der Waals surface area contributed by atoms with Crippen molar-refractivity contribution in [1.29, 1.82) is 0 Å². The van der Waals surface area contributed by atoms with Crippen LogP contribution in [0, 0.1) is 6.92 Å². The quantitative estimate of drug-likeness (QED) is 0.742. The van der Waals surface area contributed by atoms with Crippen LogP contribution in [0.2, 0.25) is 0 Å². The topological polar surface area (TPSA) is 71.1 Å². The maximum atomic E-state index is 12.3. The van der Waals surface area contributed by atoms with Gasteiger partial charge in [-0.2, -0.15) is 0 Å². The second kappa shape index (κ2) is 8.07. The third kappa shape index (κ3) is 4.33. The molecule has 0 aliphatic heterocycles. The van der Waals surface area contributed by atoms with Gasteiger partial charge < -0.3 is 10.6 Å². The maximum Gasteiger partial charge on any atom is 0.257 e. The molecule has 130 valence electrons. The standard InChI is InChI=1S/C21H19N3O2/c1-15-6-2-3-10-19(15)21(26)23-13-16-7-4-9-18(12-16)24-20(25)17-8-5-11-22-14-17/h2-12,14H,13H2,1H3,(H,23,26)(H,24,25). The molecule has 3 aromatic rings. The molecule has 0 saturated heterocycles. The van der Waals surface area contributed by atoms with Gasteiger partial charge in [0, 0.05) is 30.2 Å².